The minimum Gasteiger partial charge on any atom is -0.243 e. The molecular weight excluding hydrogens is 206 g/mol. The van der Waals surface area contributed by atoms with Gasteiger partial charge in [0.2, 0.25) is 0 Å². The minimum absolute atomic E-state index is 0.835. The summed E-state index contributed by atoms with van der Waals surface area (Å²) < 4.78 is 13.4. The van der Waals surface area contributed by atoms with Gasteiger partial charge in [0.05, 0.1) is 11.0 Å². The summed E-state index contributed by atoms with van der Waals surface area (Å²) >= 11 is 0. The number of benzene rings is 1. The van der Waals surface area contributed by atoms with Crippen LogP contribution in [0.15, 0.2) is 18.2 Å². The molecule has 1 aliphatic rings. The van der Waals surface area contributed by atoms with Crippen molar-refractivity contribution in [3.63, 3.8) is 0 Å². The normalized spacial score (nSPS) is 18.5. The monoisotopic (exact) mass is 223 g/mol. The average Bonchev–Trinajstić information content (AvgIpc) is 2.27. The molecule has 1 unspecified atom stereocenters. The molecule has 1 aliphatic heterocycles. The second kappa shape index (κ2) is 4.45. The van der Waals surface area contributed by atoms with Crippen LogP contribution in [0.1, 0.15) is 23.6 Å². The van der Waals surface area contributed by atoms with E-state index in [2.05, 4.69) is 25.1 Å². The lowest BCUT2D eigenvalue weighted by molar-refractivity contribution is 0.423. The molecule has 1 aromatic rings. The topological polar surface area (TPSA) is 20.3 Å². The van der Waals surface area contributed by atoms with Crippen molar-refractivity contribution in [3.05, 3.63) is 34.9 Å². The van der Waals surface area contributed by atoms with Gasteiger partial charge in [-0.3, -0.25) is 0 Å². The van der Waals surface area contributed by atoms with Crippen LogP contribution in [0.3, 0.4) is 0 Å². The lowest BCUT2D eigenvalue weighted by atomic mass is 9.98. The molecule has 0 amide bonds. The van der Waals surface area contributed by atoms with Crippen molar-refractivity contribution >= 4 is 11.0 Å². The smallest absolute Gasteiger partial charge is 0.0913 e. The molecule has 82 valence electrons. The minimum atomic E-state index is -0.835. The quantitative estimate of drug-likeness (QED) is 0.750. The SMILES string of the molecule is CCc1ccc2c(c1)CN(S(C)=O)CC2. The molecule has 1 heterocycles. The van der Waals surface area contributed by atoms with Crippen molar-refractivity contribution in [3.8, 4) is 0 Å². The largest absolute Gasteiger partial charge is 0.243 e. The Bertz CT molecular complexity index is 389. The van der Waals surface area contributed by atoms with Crippen molar-refractivity contribution < 1.29 is 4.21 Å². The highest BCUT2D eigenvalue weighted by Crippen LogP contribution is 2.21. The summed E-state index contributed by atoms with van der Waals surface area (Å²) in [5.74, 6) is 0. The first-order chi connectivity index (χ1) is 7.20. The first-order valence-corrected chi connectivity index (χ1v) is 6.91. The van der Waals surface area contributed by atoms with Gasteiger partial charge in [0.25, 0.3) is 0 Å². The summed E-state index contributed by atoms with van der Waals surface area (Å²) in [7, 11) is -0.835. The Kier molecular flexibility index (Phi) is 3.22. The zero-order chi connectivity index (χ0) is 10.8. The van der Waals surface area contributed by atoms with E-state index in [0.717, 1.165) is 25.9 Å². The number of nitrogens with zero attached hydrogens (tertiary/aromatic N) is 1. The van der Waals surface area contributed by atoms with Gasteiger partial charge in [-0.2, -0.15) is 0 Å². The average molecular weight is 223 g/mol. The van der Waals surface area contributed by atoms with E-state index in [0.29, 0.717) is 0 Å². The van der Waals surface area contributed by atoms with E-state index >= 15 is 0 Å². The van der Waals surface area contributed by atoms with Crippen LogP contribution in [0, 0.1) is 0 Å². The third kappa shape index (κ3) is 2.29. The fourth-order valence-corrected chi connectivity index (χ4v) is 2.69. The molecule has 2 rings (SSSR count). The molecule has 0 N–H and O–H groups in total. The standard InChI is InChI=1S/C12H17NOS/c1-3-10-4-5-11-6-7-13(15(2)14)9-12(11)8-10/h4-5,8H,3,6-7,9H2,1-2H3. The fraction of sp³-hybridized carbons (Fsp3) is 0.500. The van der Waals surface area contributed by atoms with E-state index in [1.807, 2.05) is 4.31 Å². The molecule has 0 radical (unpaired) electrons. The first kappa shape index (κ1) is 10.8. The second-order valence-corrected chi connectivity index (χ2v) is 5.36. The van der Waals surface area contributed by atoms with Crippen molar-refractivity contribution in [2.24, 2.45) is 0 Å². The van der Waals surface area contributed by atoms with Crippen LogP contribution in [-0.2, 0) is 30.4 Å². The van der Waals surface area contributed by atoms with Gasteiger partial charge in [0.15, 0.2) is 0 Å². The van der Waals surface area contributed by atoms with Crippen molar-refractivity contribution in [2.45, 2.75) is 26.3 Å². The predicted octanol–water partition coefficient (Wildman–Crippen LogP) is 1.90. The Labute approximate surface area is 93.9 Å². The summed E-state index contributed by atoms with van der Waals surface area (Å²) in [6, 6.07) is 6.69. The zero-order valence-corrected chi connectivity index (χ0v) is 10.1. The maximum Gasteiger partial charge on any atom is 0.0913 e. The lowest BCUT2D eigenvalue weighted by Gasteiger charge is -2.26. The van der Waals surface area contributed by atoms with Crippen LogP contribution in [0.2, 0.25) is 0 Å². The highest BCUT2D eigenvalue weighted by Gasteiger charge is 2.18. The summed E-state index contributed by atoms with van der Waals surface area (Å²) in [4.78, 5) is 0. The van der Waals surface area contributed by atoms with E-state index < -0.39 is 11.0 Å². The summed E-state index contributed by atoms with van der Waals surface area (Å²) in [6.07, 6.45) is 3.86. The summed E-state index contributed by atoms with van der Waals surface area (Å²) in [5, 5.41) is 0. The third-order valence-corrected chi connectivity index (χ3v) is 4.06. The Morgan fingerprint density at radius 3 is 2.87 bits per heavy atom. The molecule has 0 saturated carbocycles. The van der Waals surface area contributed by atoms with Crippen LogP contribution in [-0.4, -0.2) is 21.3 Å². The molecule has 3 heteroatoms. The number of hydrogen-bond acceptors (Lipinski definition) is 1. The van der Waals surface area contributed by atoms with Crippen molar-refractivity contribution in [1.82, 2.24) is 4.31 Å². The van der Waals surface area contributed by atoms with E-state index in [9.17, 15) is 4.21 Å². The maximum absolute atomic E-state index is 11.4. The van der Waals surface area contributed by atoms with Crippen molar-refractivity contribution in [2.75, 3.05) is 12.8 Å². The van der Waals surface area contributed by atoms with E-state index in [1.54, 1.807) is 6.26 Å². The zero-order valence-electron chi connectivity index (χ0n) is 9.32. The van der Waals surface area contributed by atoms with Gasteiger partial charge in [-0.05, 0) is 29.5 Å². The molecule has 1 aromatic carbocycles. The molecule has 1 atom stereocenters. The van der Waals surface area contributed by atoms with Crippen LogP contribution < -0.4 is 0 Å². The molecule has 0 saturated heterocycles. The number of hydrogen-bond donors (Lipinski definition) is 0. The highest BCUT2D eigenvalue weighted by molar-refractivity contribution is 7.81. The van der Waals surface area contributed by atoms with Crippen LogP contribution >= 0.6 is 0 Å². The van der Waals surface area contributed by atoms with Gasteiger partial charge >= 0.3 is 0 Å². The van der Waals surface area contributed by atoms with Gasteiger partial charge < -0.3 is 0 Å². The predicted molar refractivity (Wildman–Crippen MR) is 64.0 cm³/mol. The molecule has 0 spiro atoms. The van der Waals surface area contributed by atoms with Gasteiger partial charge in [-0.25, -0.2) is 8.51 Å². The summed E-state index contributed by atoms with van der Waals surface area (Å²) in [5.41, 5.74) is 4.15. The van der Waals surface area contributed by atoms with Crippen LogP contribution in [0.4, 0.5) is 0 Å². The van der Waals surface area contributed by atoms with Crippen LogP contribution in [0.5, 0.6) is 0 Å². The van der Waals surface area contributed by atoms with Gasteiger partial charge in [0.1, 0.15) is 0 Å². The Morgan fingerprint density at radius 1 is 1.40 bits per heavy atom. The molecule has 0 bridgehead atoms. The van der Waals surface area contributed by atoms with Gasteiger partial charge in [-0.15, -0.1) is 0 Å². The lowest BCUT2D eigenvalue weighted by Crippen LogP contribution is -2.31. The number of fused-ring (bicyclic) bond motifs is 1. The maximum atomic E-state index is 11.4. The second-order valence-electron chi connectivity index (χ2n) is 3.99. The van der Waals surface area contributed by atoms with Gasteiger partial charge in [-0.1, -0.05) is 25.1 Å². The fourth-order valence-electron chi connectivity index (χ4n) is 2.02. The Balaban J connectivity index is 2.27. The van der Waals surface area contributed by atoms with Crippen molar-refractivity contribution in [1.29, 1.82) is 0 Å². The Morgan fingerprint density at radius 2 is 2.20 bits per heavy atom. The number of aryl methyl sites for hydroxylation is 1. The third-order valence-electron chi connectivity index (χ3n) is 3.02. The number of rotatable bonds is 2. The summed E-state index contributed by atoms with van der Waals surface area (Å²) in [6.45, 7) is 3.92. The molecule has 15 heavy (non-hydrogen) atoms. The molecule has 0 aliphatic carbocycles. The molecular formula is C12H17NOS. The van der Waals surface area contributed by atoms with Crippen LogP contribution in [0.25, 0.3) is 0 Å². The Hall–Kier alpha value is -0.670. The van der Waals surface area contributed by atoms with E-state index in [4.69, 9.17) is 0 Å². The first-order valence-electron chi connectivity index (χ1n) is 5.40. The van der Waals surface area contributed by atoms with E-state index in [-0.39, 0.29) is 0 Å². The van der Waals surface area contributed by atoms with E-state index in [1.165, 1.54) is 16.7 Å². The molecule has 0 aromatic heterocycles. The molecule has 2 nitrogen and oxygen atoms in total. The molecule has 0 fully saturated rings. The highest BCUT2D eigenvalue weighted by atomic mass is 32.2. The van der Waals surface area contributed by atoms with Gasteiger partial charge in [0, 0.05) is 19.3 Å².